The maximum absolute atomic E-state index is 11.9. The second kappa shape index (κ2) is 6.58. The number of carbonyl (C=O) groups excluding carboxylic acids is 1. The van der Waals surface area contributed by atoms with Crippen LogP contribution in [0.2, 0.25) is 0 Å². The van der Waals surface area contributed by atoms with Crippen LogP contribution in [0.1, 0.15) is 25.3 Å². The molecule has 0 unspecified atom stereocenters. The molecule has 1 aromatic heterocycles. The first-order valence-corrected chi connectivity index (χ1v) is 6.57. The van der Waals surface area contributed by atoms with Gasteiger partial charge >= 0.3 is 5.97 Å². The third-order valence-electron chi connectivity index (χ3n) is 2.57. The van der Waals surface area contributed by atoms with Crippen molar-refractivity contribution in [3.63, 3.8) is 0 Å². The van der Waals surface area contributed by atoms with E-state index in [1.54, 1.807) is 6.92 Å². The Balaban J connectivity index is 2.80. The van der Waals surface area contributed by atoms with Gasteiger partial charge in [0, 0.05) is 6.20 Å². The zero-order valence-corrected chi connectivity index (χ0v) is 12.1. The molecule has 2 N–H and O–H groups in total. The van der Waals surface area contributed by atoms with Crippen molar-refractivity contribution in [3.8, 4) is 0 Å². The first-order chi connectivity index (χ1) is 8.47. The number of rotatable bonds is 5. The Morgan fingerprint density at radius 2 is 2.22 bits per heavy atom. The lowest BCUT2D eigenvalue weighted by Gasteiger charge is -2.10. The number of esters is 1. The monoisotopic (exact) mass is 316 g/mol. The van der Waals surface area contributed by atoms with Gasteiger partial charge in [0.15, 0.2) is 0 Å². The summed E-state index contributed by atoms with van der Waals surface area (Å²) in [5, 5.41) is 0. The van der Waals surface area contributed by atoms with Crippen LogP contribution < -0.4 is 11.3 Å². The Hall–Kier alpha value is -1.30. The van der Waals surface area contributed by atoms with Gasteiger partial charge in [0.2, 0.25) is 0 Å². The Morgan fingerprint density at radius 1 is 1.56 bits per heavy atom. The van der Waals surface area contributed by atoms with E-state index in [0.29, 0.717) is 22.3 Å². The smallest absolute Gasteiger partial charge is 0.326 e. The number of carbonyl (C=O) groups is 1. The summed E-state index contributed by atoms with van der Waals surface area (Å²) in [6.45, 7) is 4.01. The van der Waals surface area contributed by atoms with Crippen molar-refractivity contribution in [2.45, 2.75) is 33.2 Å². The fraction of sp³-hybridized carbons (Fsp3) is 0.500. The van der Waals surface area contributed by atoms with E-state index < -0.39 is 5.97 Å². The van der Waals surface area contributed by atoms with Crippen LogP contribution in [-0.2, 0) is 16.1 Å². The molecule has 1 aromatic rings. The van der Waals surface area contributed by atoms with Gasteiger partial charge in [-0.15, -0.1) is 0 Å². The van der Waals surface area contributed by atoms with Gasteiger partial charge in [0.25, 0.3) is 5.56 Å². The highest BCUT2D eigenvalue weighted by atomic mass is 79.9. The summed E-state index contributed by atoms with van der Waals surface area (Å²) in [5.74, 6) is -0.430. The molecule has 100 valence electrons. The van der Waals surface area contributed by atoms with E-state index in [0.717, 1.165) is 12.8 Å². The topological polar surface area (TPSA) is 74.3 Å². The minimum atomic E-state index is -0.430. The van der Waals surface area contributed by atoms with Gasteiger partial charge in [-0.3, -0.25) is 9.59 Å². The molecule has 0 bridgehead atoms. The molecule has 0 saturated heterocycles. The van der Waals surface area contributed by atoms with Gasteiger partial charge in [0.05, 0.1) is 16.8 Å². The maximum Gasteiger partial charge on any atom is 0.326 e. The van der Waals surface area contributed by atoms with Crippen LogP contribution in [0.4, 0.5) is 5.69 Å². The number of hydrogen-bond donors (Lipinski definition) is 1. The van der Waals surface area contributed by atoms with Crippen LogP contribution in [-0.4, -0.2) is 17.1 Å². The first kappa shape index (κ1) is 14.8. The van der Waals surface area contributed by atoms with E-state index in [1.165, 1.54) is 10.8 Å². The number of nitrogens with zero attached hydrogens (tertiary/aromatic N) is 1. The summed E-state index contributed by atoms with van der Waals surface area (Å²) in [6, 6.07) is 0. The number of pyridine rings is 1. The molecule has 18 heavy (non-hydrogen) atoms. The molecule has 0 saturated carbocycles. The Morgan fingerprint density at radius 3 is 2.83 bits per heavy atom. The molecular weight excluding hydrogens is 300 g/mol. The molecule has 0 aromatic carbocycles. The summed E-state index contributed by atoms with van der Waals surface area (Å²) in [5.41, 5.74) is 6.60. The lowest BCUT2D eigenvalue weighted by molar-refractivity contribution is -0.144. The van der Waals surface area contributed by atoms with E-state index in [9.17, 15) is 9.59 Å². The van der Waals surface area contributed by atoms with Crippen molar-refractivity contribution < 1.29 is 9.53 Å². The summed E-state index contributed by atoms with van der Waals surface area (Å²) in [7, 11) is 0. The van der Waals surface area contributed by atoms with Gasteiger partial charge in [0.1, 0.15) is 6.54 Å². The largest absolute Gasteiger partial charge is 0.464 e. The molecular formula is C12H17BrN2O3. The molecule has 0 aliphatic heterocycles. The Kier molecular flexibility index (Phi) is 5.40. The third-order valence-corrected chi connectivity index (χ3v) is 3.50. The number of nitrogen functional groups attached to an aromatic ring is 1. The lowest BCUT2D eigenvalue weighted by atomic mass is 10.2. The maximum atomic E-state index is 11.9. The molecule has 0 spiro atoms. The second-order valence-corrected chi connectivity index (χ2v) is 4.82. The fourth-order valence-corrected chi connectivity index (χ4v) is 1.83. The molecule has 0 fully saturated rings. The van der Waals surface area contributed by atoms with E-state index in [-0.39, 0.29) is 12.1 Å². The number of unbranched alkanes of at least 4 members (excludes halogenated alkanes) is 1. The van der Waals surface area contributed by atoms with Crippen molar-refractivity contribution in [1.82, 2.24) is 4.57 Å². The molecule has 1 heterocycles. The van der Waals surface area contributed by atoms with Crippen LogP contribution in [0.15, 0.2) is 15.5 Å². The minimum Gasteiger partial charge on any atom is -0.464 e. The Bertz CT molecular complexity index is 497. The molecule has 0 atom stereocenters. The van der Waals surface area contributed by atoms with E-state index in [1.807, 2.05) is 6.92 Å². The average molecular weight is 317 g/mol. The molecule has 0 amide bonds. The predicted molar refractivity (Wildman–Crippen MR) is 73.4 cm³/mol. The number of ether oxygens (including phenoxy) is 1. The molecule has 5 nitrogen and oxygen atoms in total. The van der Waals surface area contributed by atoms with Crippen LogP contribution in [0.25, 0.3) is 0 Å². The van der Waals surface area contributed by atoms with Crippen molar-refractivity contribution in [1.29, 1.82) is 0 Å². The normalized spacial score (nSPS) is 10.4. The SMILES string of the molecule is CCCCOC(=O)Cn1cc(N)c(C)c(Br)c1=O. The predicted octanol–water partition coefficient (Wildman–Crippen LogP) is 1.84. The van der Waals surface area contributed by atoms with Crippen LogP contribution in [0.5, 0.6) is 0 Å². The summed E-state index contributed by atoms with van der Waals surface area (Å²) >= 11 is 3.17. The molecule has 6 heteroatoms. The number of nitrogens with two attached hydrogens (primary N) is 1. The highest BCUT2D eigenvalue weighted by Gasteiger charge is 2.11. The standard InChI is InChI=1S/C12H17BrN2O3/c1-3-4-5-18-10(16)7-15-6-9(14)8(2)11(13)12(15)17/h6H,3-5,7,14H2,1-2H3. The Labute approximate surface area is 114 Å². The van der Waals surface area contributed by atoms with E-state index >= 15 is 0 Å². The third kappa shape index (κ3) is 3.60. The van der Waals surface area contributed by atoms with Crippen molar-refractivity contribution in [2.75, 3.05) is 12.3 Å². The summed E-state index contributed by atoms with van der Waals surface area (Å²) < 4.78 is 6.63. The minimum absolute atomic E-state index is 0.119. The van der Waals surface area contributed by atoms with Gasteiger partial charge in [-0.2, -0.15) is 0 Å². The van der Waals surface area contributed by atoms with Gasteiger partial charge in [-0.1, -0.05) is 13.3 Å². The van der Waals surface area contributed by atoms with Gasteiger partial charge < -0.3 is 15.0 Å². The van der Waals surface area contributed by atoms with Crippen molar-refractivity contribution >= 4 is 27.6 Å². The quantitative estimate of drug-likeness (QED) is 0.664. The van der Waals surface area contributed by atoms with Crippen LogP contribution in [0.3, 0.4) is 0 Å². The highest BCUT2D eigenvalue weighted by molar-refractivity contribution is 9.10. The first-order valence-electron chi connectivity index (χ1n) is 5.78. The summed E-state index contributed by atoms with van der Waals surface area (Å²) in [6.07, 6.45) is 3.24. The number of hydrogen-bond acceptors (Lipinski definition) is 4. The van der Waals surface area contributed by atoms with Crippen LogP contribution >= 0.6 is 15.9 Å². The van der Waals surface area contributed by atoms with E-state index in [4.69, 9.17) is 10.5 Å². The van der Waals surface area contributed by atoms with Crippen LogP contribution in [0, 0.1) is 6.92 Å². The molecule has 0 radical (unpaired) electrons. The van der Waals surface area contributed by atoms with Gasteiger partial charge in [-0.25, -0.2) is 0 Å². The molecule has 1 rings (SSSR count). The van der Waals surface area contributed by atoms with Gasteiger partial charge in [-0.05, 0) is 34.8 Å². The number of aromatic nitrogens is 1. The zero-order chi connectivity index (χ0) is 13.7. The fourth-order valence-electron chi connectivity index (χ4n) is 1.37. The number of halogens is 1. The zero-order valence-electron chi connectivity index (χ0n) is 10.5. The molecule has 0 aliphatic carbocycles. The lowest BCUT2D eigenvalue weighted by Crippen LogP contribution is -2.27. The average Bonchev–Trinajstić information content (AvgIpc) is 2.33. The highest BCUT2D eigenvalue weighted by Crippen LogP contribution is 2.16. The summed E-state index contributed by atoms with van der Waals surface area (Å²) in [4.78, 5) is 23.4. The van der Waals surface area contributed by atoms with Crippen molar-refractivity contribution in [2.24, 2.45) is 0 Å². The second-order valence-electron chi connectivity index (χ2n) is 4.03. The molecule has 0 aliphatic rings. The van der Waals surface area contributed by atoms with E-state index in [2.05, 4.69) is 15.9 Å². The number of anilines is 1. The van der Waals surface area contributed by atoms with Crippen molar-refractivity contribution in [3.05, 3.63) is 26.6 Å².